The van der Waals surface area contributed by atoms with Crippen molar-refractivity contribution in [1.29, 1.82) is 0 Å². The molecular formula is C72H98N2O32. The van der Waals surface area contributed by atoms with E-state index in [1.807, 2.05) is 91.0 Å². The molecule has 3 aromatic carbocycles. The summed E-state index contributed by atoms with van der Waals surface area (Å²) >= 11 is 0. The Labute approximate surface area is 613 Å². The van der Waals surface area contributed by atoms with Crippen molar-refractivity contribution in [1.82, 2.24) is 10.1 Å². The van der Waals surface area contributed by atoms with E-state index >= 15 is 0 Å². The smallest absolute Gasteiger partial charge is 0.333 e. The highest BCUT2D eigenvalue weighted by Crippen LogP contribution is 2.16. The summed E-state index contributed by atoms with van der Waals surface area (Å²) in [6.07, 6.45) is 1.58. The lowest BCUT2D eigenvalue weighted by molar-refractivity contribution is -0.197. The van der Waals surface area contributed by atoms with Crippen LogP contribution in [0.3, 0.4) is 0 Å². The summed E-state index contributed by atoms with van der Waals surface area (Å²) in [4.78, 5) is 170. The van der Waals surface area contributed by atoms with E-state index < -0.39 is 65.4 Å². The molecule has 0 aromatic heterocycles. The first-order chi connectivity index (χ1) is 51.3. The van der Waals surface area contributed by atoms with Crippen molar-refractivity contribution in [3.63, 3.8) is 0 Å². The molecule has 588 valence electrons. The van der Waals surface area contributed by atoms with Crippen LogP contribution in [0.1, 0.15) is 139 Å². The Bertz CT molecular complexity index is 2850. The molecule has 3 aromatic rings. The molecule has 0 atom stereocenters. The predicted octanol–water partition coefficient (Wildman–Crippen LogP) is 4.58. The second kappa shape index (κ2) is 61.6. The second-order valence-corrected chi connectivity index (χ2v) is 22.2. The summed E-state index contributed by atoms with van der Waals surface area (Å²) in [5.41, 5.74) is 2.74. The number of rotatable bonds is 53. The number of esters is 7. The van der Waals surface area contributed by atoms with Crippen molar-refractivity contribution in [3.05, 3.63) is 108 Å². The van der Waals surface area contributed by atoms with Gasteiger partial charge in [-0.05, 0) is 48.8 Å². The van der Waals surface area contributed by atoms with Crippen molar-refractivity contribution < 1.29 is 154 Å². The van der Waals surface area contributed by atoms with Crippen molar-refractivity contribution in [2.24, 2.45) is 0 Å². The molecule has 5 rings (SSSR count). The van der Waals surface area contributed by atoms with Gasteiger partial charge in [-0.2, -0.15) is 0 Å². The minimum absolute atomic E-state index is 0.000434. The number of hydrogen-bond acceptors (Lipinski definition) is 31. The maximum atomic E-state index is 11.7. The highest BCUT2D eigenvalue weighted by atomic mass is 16.7. The molecule has 0 radical (unpaired) electrons. The van der Waals surface area contributed by atoms with E-state index in [1.54, 1.807) is 0 Å². The quantitative estimate of drug-likeness (QED) is 0.0301. The molecule has 2 saturated heterocycles. The minimum Gasteiger partial charge on any atom is -0.481 e. The maximum Gasteiger partial charge on any atom is 0.333 e. The molecule has 0 bridgehead atoms. The number of hydroxylamine groups is 4. The van der Waals surface area contributed by atoms with Crippen LogP contribution in [0.4, 0.5) is 0 Å². The number of ether oxygens (including phenoxy) is 13. The second-order valence-electron chi connectivity index (χ2n) is 22.2. The average Bonchev–Trinajstić information content (AvgIpc) is 1.74. The number of amides is 4. The molecule has 2 aliphatic heterocycles. The van der Waals surface area contributed by atoms with Crippen LogP contribution in [-0.4, -0.2) is 228 Å². The number of aliphatic hydroxyl groups is 2. The number of hydrogen-bond donors (Lipinski definition) is 3. The summed E-state index contributed by atoms with van der Waals surface area (Å²) in [6.45, 7) is 4.28. The van der Waals surface area contributed by atoms with Gasteiger partial charge >= 0.3 is 59.7 Å². The van der Waals surface area contributed by atoms with E-state index in [1.165, 1.54) is 0 Å². The fraction of sp³-hybridized carbons (Fsp3) is 0.556. The summed E-state index contributed by atoms with van der Waals surface area (Å²) in [6, 6.07) is 28.1. The third-order valence-electron chi connectivity index (χ3n) is 13.5. The lowest BCUT2D eigenvalue weighted by Gasteiger charge is -2.12. The third-order valence-corrected chi connectivity index (χ3v) is 13.5. The first-order valence-corrected chi connectivity index (χ1v) is 34.5. The number of carboxylic acids is 1. The van der Waals surface area contributed by atoms with Gasteiger partial charge in [-0.25, -0.2) is 9.59 Å². The Hall–Kier alpha value is -9.68. The molecule has 2 fully saturated rings. The van der Waals surface area contributed by atoms with E-state index in [0.29, 0.717) is 69.0 Å². The SMILES string of the molecule is O=C(CCCC(=O)OCc1ccccc1)OCCOCCOCCOC(=O)CCCC(=O)OCc1ccccc1.O=C(CCCC(=O)ON1C(=O)CCC1=O)OCCOCCOCCOC(=O)CCCC(=O)ON1C(=O)CCC1=O.O=C(O)CCCC(=O)OCc1ccccc1.OCCOCCOCCO. The monoisotopic (exact) mass is 1500 g/mol. The van der Waals surface area contributed by atoms with Crippen LogP contribution in [-0.2, 0) is 158 Å². The lowest BCUT2D eigenvalue weighted by Crippen LogP contribution is -2.32. The third kappa shape index (κ3) is 51.5. The average molecular weight is 1500 g/mol. The molecule has 0 aliphatic carbocycles. The van der Waals surface area contributed by atoms with Crippen LogP contribution >= 0.6 is 0 Å². The van der Waals surface area contributed by atoms with Crippen LogP contribution in [0.25, 0.3) is 0 Å². The molecule has 4 amide bonds. The van der Waals surface area contributed by atoms with E-state index in [0.717, 1.165) is 16.7 Å². The number of carboxylic acid groups (broad SMARTS) is 1. The first-order valence-electron chi connectivity index (χ1n) is 34.5. The Balaban J connectivity index is 0.000000540. The standard InChI is InChI=1S/C30H38O10.C24H32N2O14.C12H14O4.C6H14O4/c31-27(13-7-15-29(33)39-23-25-9-3-1-4-10-25)37-21-19-35-17-18-36-20-22-38-28(32)14-8-16-30(34)40-24-26-11-5-2-6-12-26;27-17-7-8-18(28)25(17)39-23(33)5-1-3-21(31)37-15-13-35-11-12-36-14-16-38-22(32)4-2-6-24(34)40-26-19(29)9-10-20(26)30;13-11(14)7-4-8-12(15)16-9-10-5-2-1-3-6-10;7-1-3-9-5-6-10-4-2-8/h1-6,9-12H,7-8,13-24H2;1-16H2;1-3,5-6H,4,7-9H2,(H,13,14);7-8H,1-6H2. The van der Waals surface area contributed by atoms with Gasteiger partial charge in [-0.3, -0.25) is 57.5 Å². The van der Waals surface area contributed by atoms with Crippen LogP contribution in [0.2, 0.25) is 0 Å². The van der Waals surface area contributed by atoms with Gasteiger partial charge in [0.1, 0.15) is 46.2 Å². The van der Waals surface area contributed by atoms with Gasteiger partial charge in [0, 0.05) is 89.9 Å². The molecule has 0 unspecified atom stereocenters. The van der Waals surface area contributed by atoms with Gasteiger partial charge in [-0.15, -0.1) is 10.1 Å². The van der Waals surface area contributed by atoms with Gasteiger partial charge in [0.25, 0.3) is 23.6 Å². The van der Waals surface area contributed by atoms with Gasteiger partial charge in [0.05, 0.1) is 92.5 Å². The number of aliphatic hydroxyl groups excluding tert-OH is 2. The van der Waals surface area contributed by atoms with E-state index in [-0.39, 0.29) is 220 Å². The molecule has 34 nitrogen and oxygen atoms in total. The summed E-state index contributed by atoms with van der Waals surface area (Å²) in [5, 5.41) is 25.8. The van der Waals surface area contributed by atoms with E-state index in [4.69, 9.17) is 86.6 Å². The molecule has 106 heavy (non-hydrogen) atoms. The highest BCUT2D eigenvalue weighted by Gasteiger charge is 2.34. The van der Waals surface area contributed by atoms with E-state index in [2.05, 4.69) is 0 Å². The van der Waals surface area contributed by atoms with Crippen molar-refractivity contribution >= 4 is 83.3 Å². The van der Waals surface area contributed by atoms with Crippen molar-refractivity contribution in [3.8, 4) is 0 Å². The van der Waals surface area contributed by atoms with Crippen LogP contribution < -0.4 is 0 Å². The Kier molecular flexibility index (Phi) is 53.7. The Morgan fingerprint density at radius 3 is 0.717 bits per heavy atom. The zero-order valence-electron chi connectivity index (χ0n) is 59.5. The normalized spacial score (nSPS) is 12.1. The number of carbonyl (C=O) groups is 14. The molecule has 34 heteroatoms. The lowest BCUT2D eigenvalue weighted by atomic mass is 10.2. The predicted molar refractivity (Wildman–Crippen MR) is 363 cm³/mol. The fourth-order valence-corrected chi connectivity index (χ4v) is 8.17. The first kappa shape index (κ1) is 92.4. The summed E-state index contributed by atoms with van der Waals surface area (Å²) in [7, 11) is 0. The zero-order chi connectivity index (χ0) is 77.5. The number of aliphatic carboxylic acids is 1. The van der Waals surface area contributed by atoms with Gasteiger partial charge < -0.3 is 86.6 Å². The summed E-state index contributed by atoms with van der Waals surface area (Å²) in [5.74, 6) is -7.72. The summed E-state index contributed by atoms with van der Waals surface area (Å²) < 4.78 is 66.2. The number of imide groups is 2. The largest absolute Gasteiger partial charge is 0.481 e. The minimum atomic E-state index is -0.893. The maximum absolute atomic E-state index is 11.7. The highest BCUT2D eigenvalue weighted by molar-refractivity contribution is 6.02. The molecule has 0 saturated carbocycles. The molecular weight excluding hydrogens is 1400 g/mol. The molecule has 3 N–H and O–H groups in total. The Morgan fingerprint density at radius 1 is 0.274 bits per heavy atom. The van der Waals surface area contributed by atoms with Crippen molar-refractivity contribution in [2.75, 3.05) is 119 Å². The Morgan fingerprint density at radius 2 is 0.481 bits per heavy atom. The van der Waals surface area contributed by atoms with Crippen LogP contribution in [0, 0.1) is 0 Å². The van der Waals surface area contributed by atoms with Gasteiger partial charge in [0.2, 0.25) is 0 Å². The topological polar surface area (TPSA) is 445 Å². The van der Waals surface area contributed by atoms with Gasteiger partial charge in [0.15, 0.2) is 0 Å². The van der Waals surface area contributed by atoms with E-state index in [9.17, 15) is 67.1 Å². The molecule has 2 heterocycles. The van der Waals surface area contributed by atoms with Gasteiger partial charge in [-0.1, -0.05) is 91.0 Å². The molecule has 2 aliphatic rings. The number of benzene rings is 3. The van der Waals surface area contributed by atoms with Crippen LogP contribution in [0.5, 0.6) is 0 Å². The fourth-order valence-electron chi connectivity index (χ4n) is 8.17. The molecule has 0 spiro atoms. The van der Waals surface area contributed by atoms with Crippen LogP contribution in [0.15, 0.2) is 91.0 Å². The number of nitrogens with zero attached hydrogens (tertiary/aromatic N) is 2. The van der Waals surface area contributed by atoms with Crippen molar-refractivity contribution in [2.45, 2.75) is 142 Å². The zero-order valence-corrected chi connectivity index (χ0v) is 59.5. The number of carbonyl (C=O) groups excluding carboxylic acids is 13.